The highest BCUT2D eigenvalue weighted by Crippen LogP contribution is 2.22. The Balaban J connectivity index is 2.00. The van der Waals surface area contributed by atoms with Crippen LogP contribution in [0.1, 0.15) is 22.0 Å². The summed E-state index contributed by atoms with van der Waals surface area (Å²) >= 11 is 1.63. The van der Waals surface area contributed by atoms with Crippen LogP contribution in [0.3, 0.4) is 0 Å². The van der Waals surface area contributed by atoms with Gasteiger partial charge >= 0.3 is 0 Å². The van der Waals surface area contributed by atoms with Crippen LogP contribution in [0.2, 0.25) is 0 Å². The highest BCUT2D eigenvalue weighted by Gasteiger charge is 2.24. The fraction of sp³-hybridized carbons (Fsp3) is 0.421. The molecule has 1 heterocycles. The number of amides is 1. The van der Waals surface area contributed by atoms with Crippen LogP contribution < -0.4 is 5.32 Å². The number of carbonyl (C=O) groups is 1. The van der Waals surface area contributed by atoms with Gasteiger partial charge in [0.2, 0.25) is 15.9 Å². The zero-order valence-corrected chi connectivity index (χ0v) is 18.0. The molecule has 6 nitrogen and oxygen atoms in total. The van der Waals surface area contributed by atoms with Gasteiger partial charge in [0, 0.05) is 18.5 Å². The number of thiophene rings is 1. The molecule has 0 spiro atoms. The molecule has 8 heteroatoms. The maximum Gasteiger partial charge on any atom is 0.243 e. The number of benzene rings is 1. The molecule has 1 unspecified atom stereocenters. The fourth-order valence-corrected chi connectivity index (χ4v) is 4.76. The van der Waals surface area contributed by atoms with Crippen LogP contribution in [-0.4, -0.2) is 57.8 Å². The first-order chi connectivity index (χ1) is 12.6. The SMILES string of the molecule is Cc1ccc(S(=O)(=O)N(C)CC(=O)NCC(c2cccs2)N(C)C)cc1C. The molecule has 0 aliphatic rings. The first kappa shape index (κ1) is 21.6. The molecule has 0 radical (unpaired) electrons. The van der Waals surface area contributed by atoms with Crippen LogP contribution >= 0.6 is 11.3 Å². The number of hydrogen-bond acceptors (Lipinski definition) is 5. The monoisotopic (exact) mass is 409 g/mol. The van der Waals surface area contributed by atoms with E-state index in [1.165, 1.54) is 7.05 Å². The molecule has 1 aromatic heterocycles. The summed E-state index contributed by atoms with van der Waals surface area (Å²) in [5.74, 6) is -0.326. The molecule has 0 aliphatic heterocycles. The third-order valence-electron chi connectivity index (χ3n) is 4.54. The number of nitrogens with one attached hydrogen (secondary N) is 1. The molecule has 2 rings (SSSR count). The van der Waals surface area contributed by atoms with Crippen molar-refractivity contribution < 1.29 is 13.2 Å². The summed E-state index contributed by atoms with van der Waals surface area (Å²) in [5, 5.41) is 4.84. The van der Waals surface area contributed by atoms with Crippen molar-refractivity contribution in [1.82, 2.24) is 14.5 Å². The summed E-state index contributed by atoms with van der Waals surface area (Å²) in [6, 6.07) is 9.04. The van der Waals surface area contributed by atoms with Gasteiger partial charge in [-0.25, -0.2) is 8.42 Å². The van der Waals surface area contributed by atoms with Gasteiger partial charge < -0.3 is 10.2 Å². The summed E-state index contributed by atoms with van der Waals surface area (Å²) in [5.41, 5.74) is 1.93. The normalized spacial score (nSPS) is 13.1. The smallest absolute Gasteiger partial charge is 0.243 e. The van der Waals surface area contributed by atoms with E-state index in [1.54, 1.807) is 29.5 Å². The number of hydrogen-bond donors (Lipinski definition) is 1. The quantitative estimate of drug-likeness (QED) is 0.727. The van der Waals surface area contributed by atoms with Crippen molar-refractivity contribution in [2.45, 2.75) is 24.8 Å². The van der Waals surface area contributed by atoms with Crippen LogP contribution in [0, 0.1) is 13.8 Å². The standard InChI is InChI=1S/C19H27N3O3S2/c1-14-8-9-16(11-15(14)2)27(24,25)22(5)13-19(23)20-12-17(21(3)4)18-7-6-10-26-18/h6-11,17H,12-13H2,1-5H3,(H,20,23). The Kier molecular flexibility index (Phi) is 7.16. The lowest BCUT2D eigenvalue weighted by molar-refractivity contribution is -0.121. The third kappa shape index (κ3) is 5.38. The molecule has 2 aromatic rings. The molecule has 1 aromatic carbocycles. The van der Waals surface area contributed by atoms with E-state index in [9.17, 15) is 13.2 Å². The molecule has 27 heavy (non-hydrogen) atoms. The second-order valence-corrected chi connectivity index (χ2v) is 9.83. The maximum atomic E-state index is 12.7. The lowest BCUT2D eigenvalue weighted by atomic mass is 10.1. The molecule has 0 fully saturated rings. The van der Waals surface area contributed by atoms with Gasteiger partial charge in [-0.05, 0) is 62.6 Å². The van der Waals surface area contributed by atoms with Crippen molar-refractivity contribution in [2.75, 3.05) is 34.2 Å². The van der Waals surface area contributed by atoms with Crippen LogP contribution in [0.25, 0.3) is 0 Å². The Morgan fingerprint density at radius 1 is 1.15 bits per heavy atom. The van der Waals surface area contributed by atoms with E-state index in [2.05, 4.69) is 5.32 Å². The predicted octanol–water partition coefficient (Wildman–Crippen LogP) is 2.40. The van der Waals surface area contributed by atoms with E-state index >= 15 is 0 Å². The lowest BCUT2D eigenvalue weighted by Gasteiger charge is -2.24. The number of likely N-dealkylation sites (N-methyl/N-ethyl adjacent to an activating group) is 2. The van der Waals surface area contributed by atoms with E-state index in [0.717, 1.165) is 20.3 Å². The molecular formula is C19H27N3O3S2. The predicted molar refractivity (Wildman–Crippen MR) is 109 cm³/mol. The van der Waals surface area contributed by atoms with Crippen LogP contribution in [0.5, 0.6) is 0 Å². The van der Waals surface area contributed by atoms with Crippen LogP contribution in [0.15, 0.2) is 40.6 Å². The minimum atomic E-state index is -3.71. The van der Waals surface area contributed by atoms with Gasteiger partial charge in [0.25, 0.3) is 0 Å². The number of aryl methyl sites for hydroxylation is 2. The number of nitrogens with zero attached hydrogens (tertiary/aromatic N) is 2. The zero-order valence-electron chi connectivity index (χ0n) is 16.4. The molecule has 0 saturated carbocycles. The molecule has 1 N–H and O–H groups in total. The summed E-state index contributed by atoms with van der Waals surface area (Å²) < 4.78 is 26.5. The molecule has 148 valence electrons. The van der Waals surface area contributed by atoms with Gasteiger partial charge in [-0.15, -0.1) is 11.3 Å². The van der Waals surface area contributed by atoms with Crippen molar-refractivity contribution in [2.24, 2.45) is 0 Å². The third-order valence-corrected chi connectivity index (χ3v) is 7.31. The van der Waals surface area contributed by atoms with E-state index < -0.39 is 10.0 Å². The molecule has 0 saturated heterocycles. The van der Waals surface area contributed by atoms with Gasteiger partial charge in [-0.2, -0.15) is 4.31 Å². The number of rotatable bonds is 8. The molecule has 0 aliphatic carbocycles. The Hall–Kier alpha value is -1.74. The van der Waals surface area contributed by atoms with Crippen molar-refractivity contribution in [1.29, 1.82) is 0 Å². The van der Waals surface area contributed by atoms with Gasteiger partial charge in [-0.1, -0.05) is 12.1 Å². The van der Waals surface area contributed by atoms with Crippen molar-refractivity contribution in [3.05, 3.63) is 51.7 Å². The average molecular weight is 410 g/mol. The van der Waals surface area contributed by atoms with Crippen molar-refractivity contribution in [3.63, 3.8) is 0 Å². The summed E-state index contributed by atoms with van der Waals surface area (Å²) in [7, 11) is 1.62. The highest BCUT2D eigenvalue weighted by atomic mass is 32.2. The van der Waals surface area contributed by atoms with Crippen LogP contribution in [-0.2, 0) is 14.8 Å². The summed E-state index contributed by atoms with van der Waals surface area (Å²) in [6.07, 6.45) is 0. The highest BCUT2D eigenvalue weighted by molar-refractivity contribution is 7.89. The van der Waals surface area contributed by atoms with E-state index in [4.69, 9.17) is 0 Å². The minimum Gasteiger partial charge on any atom is -0.353 e. The second kappa shape index (κ2) is 8.97. The molecule has 0 bridgehead atoms. The first-order valence-electron chi connectivity index (χ1n) is 8.63. The average Bonchev–Trinajstić information content (AvgIpc) is 3.11. The fourth-order valence-electron chi connectivity index (χ4n) is 2.63. The van der Waals surface area contributed by atoms with Crippen molar-refractivity contribution in [3.8, 4) is 0 Å². The number of sulfonamides is 1. The Bertz CT molecular complexity index is 878. The number of carbonyl (C=O) groups excluding carboxylic acids is 1. The van der Waals surface area contributed by atoms with E-state index in [-0.39, 0.29) is 23.4 Å². The first-order valence-corrected chi connectivity index (χ1v) is 10.9. The van der Waals surface area contributed by atoms with Crippen LogP contribution in [0.4, 0.5) is 0 Å². The van der Waals surface area contributed by atoms with E-state index in [0.29, 0.717) is 6.54 Å². The Labute approximate surface area is 165 Å². The maximum absolute atomic E-state index is 12.7. The van der Waals surface area contributed by atoms with E-state index in [1.807, 2.05) is 50.4 Å². The molecular weight excluding hydrogens is 382 g/mol. The second-order valence-electron chi connectivity index (χ2n) is 6.81. The lowest BCUT2D eigenvalue weighted by Crippen LogP contribution is -2.41. The minimum absolute atomic E-state index is 0.0515. The van der Waals surface area contributed by atoms with Gasteiger partial charge in [0.1, 0.15) is 0 Å². The molecule has 1 atom stereocenters. The Morgan fingerprint density at radius 3 is 2.41 bits per heavy atom. The van der Waals surface area contributed by atoms with Gasteiger partial charge in [0.05, 0.1) is 17.5 Å². The summed E-state index contributed by atoms with van der Waals surface area (Å²) in [6.45, 7) is 3.99. The van der Waals surface area contributed by atoms with Crippen molar-refractivity contribution >= 4 is 27.3 Å². The Morgan fingerprint density at radius 2 is 1.85 bits per heavy atom. The van der Waals surface area contributed by atoms with Gasteiger partial charge in [-0.3, -0.25) is 4.79 Å². The van der Waals surface area contributed by atoms with Gasteiger partial charge in [0.15, 0.2) is 0 Å². The molecule has 1 amide bonds. The topological polar surface area (TPSA) is 69.7 Å². The summed E-state index contributed by atoms with van der Waals surface area (Å²) in [4.78, 5) is 15.7. The largest absolute Gasteiger partial charge is 0.353 e. The zero-order chi connectivity index (χ0) is 20.2.